The monoisotopic (exact) mass is 299 g/mol. The molecular weight excluding hydrogens is 268 g/mol. The molecule has 0 aliphatic carbocycles. The molecule has 0 aliphatic rings. The quantitative estimate of drug-likeness (QED) is 0.442. The molecule has 2 rings (SSSR count). The molecule has 1 heterocycles. The van der Waals surface area contributed by atoms with Gasteiger partial charge in [0.05, 0.1) is 6.54 Å². The van der Waals surface area contributed by atoms with Gasteiger partial charge >= 0.3 is 0 Å². The van der Waals surface area contributed by atoms with Crippen LogP contribution in [0.15, 0.2) is 42.7 Å². The molecule has 0 spiro atoms. The second-order valence-electron chi connectivity index (χ2n) is 6.19. The van der Waals surface area contributed by atoms with E-state index in [1.807, 2.05) is 0 Å². The molecule has 1 aromatic heterocycles. The summed E-state index contributed by atoms with van der Waals surface area (Å²) >= 11 is 0. The van der Waals surface area contributed by atoms with Gasteiger partial charge in [-0.15, -0.1) is 0 Å². The molecular formula is C20H31N2+. The molecule has 0 N–H and O–H groups in total. The average molecular weight is 299 g/mol. The Morgan fingerprint density at radius 1 is 0.909 bits per heavy atom. The number of nitrogens with zero attached hydrogens (tertiary/aromatic N) is 2. The van der Waals surface area contributed by atoms with Crippen molar-refractivity contribution in [2.24, 2.45) is 0 Å². The summed E-state index contributed by atoms with van der Waals surface area (Å²) < 4.78 is 4.92. The third-order valence-corrected chi connectivity index (χ3v) is 4.29. The van der Waals surface area contributed by atoms with Crippen LogP contribution in [0.4, 0.5) is 0 Å². The van der Waals surface area contributed by atoms with E-state index in [2.05, 4.69) is 65.7 Å². The van der Waals surface area contributed by atoms with Gasteiger partial charge in [-0.3, -0.25) is 0 Å². The van der Waals surface area contributed by atoms with Gasteiger partial charge in [-0.25, -0.2) is 9.13 Å². The number of benzene rings is 1. The van der Waals surface area contributed by atoms with E-state index >= 15 is 0 Å². The number of hydrogen-bond donors (Lipinski definition) is 0. The van der Waals surface area contributed by atoms with Crippen molar-refractivity contribution < 1.29 is 4.57 Å². The molecule has 0 amide bonds. The highest BCUT2D eigenvalue weighted by molar-refractivity contribution is 5.13. The summed E-state index contributed by atoms with van der Waals surface area (Å²) in [5.74, 6) is 1.49. The minimum atomic E-state index is 0.988. The van der Waals surface area contributed by atoms with Crippen LogP contribution in [0.5, 0.6) is 0 Å². The molecule has 1 aromatic carbocycles. The molecule has 0 saturated heterocycles. The average Bonchev–Trinajstić information content (AvgIpc) is 2.92. The molecule has 2 aromatic rings. The zero-order valence-electron chi connectivity index (χ0n) is 14.3. The Morgan fingerprint density at radius 3 is 2.41 bits per heavy atom. The first-order chi connectivity index (χ1) is 10.8. The predicted molar refractivity (Wildman–Crippen MR) is 92.9 cm³/mol. The van der Waals surface area contributed by atoms with Crippen LogP contribution in [0.3, 0.4) is 0 Å². The number of hydrogen-bond acceptors (Lipinski definition) is 0. The van der Waals surface area contributed by atoms with Crippen molar-refractivity contribution in [1.82, 2.24) is 4.57 Å². The number of aromatic nitrogens is 2. The minimum absolute atomic E-state index is 0.988. The van der Waals surface area contributed by atoms with Gasteiger partial charge in [0, 0.05) is 6.42 Å². The van der Waals surface area contributed by atoms with Crippen LogP contribution in [-0.4, -0.2) is 4.57 Å². The van der Waals surface area contributed by atoms with Crippen LogP contribution < -0.4 is 4.57 Å². The fourth-order valence-corrected chi connectivity index (χ4v) is 2.96. The fraction of sp³-hybridized carbons (Fsp3) is 0.550. The highest BCUT2D eigenvalue weighted by Crippen LogP contribution is 2.08. The lowest BCUT2D eigenvalue weighted by Gasteiger charge is -2.05. The van der Waals surface area contributed by atoms with Crippen molar-refractivity contribution in [1.29, 1.82) is 0 Å². The SMILES string of the molecule is CCCCCCn1cc[n+](Cc2ccccc2)c1CCCC. The van der Waals surface area contributed by atoms with E-state index in [-0.39, 0.29) is 0 Å². The van der Waals surface area contributed by atoms with Gasteiger partial charge < -0.3 is 0 Å². The molecule has 22 heavy (non-hydrogen) atoms. The fourth-order valence-electron chi connectivity index (χ4n) is 2.96. The van der Waals surface area contributed by atoms with Crippen molar-refractivity contribution in [2.45, 2.75) is 71.9 Å². The smallest absolute Gasteiger partial charge is 0.234 e. The van der Waals surface area contributed by atoms with Crippen LogP contribution in [-0.2, 0) is 19.5 Å². The van der Waals surface area contributed by atoms with Gasteiger partial charge in [0.15, 0.2) is 0 Å². The second-order valence-corrected chi connectivity index (χ2v) is 6.19. The lowest BCUT2D eigenvalue weighted by atomic mass is 10.2. The maximum Gasteiger partial charge on any atom is 0.256 e. The number of aryl methyl sites for hydroxylation is 1. The third-order valence-electron chi connectivity index (χ3n) is 4.29. The van der Waals surface area contributed by atoms with Crippen LogP contribution in [0.2, 0.25) is 0 Å². The van der Waals surface area contributed by atoms with Crippen LogP contribution in [0.25, 0.3) is 0 Å². The van der Waals surface area contributed by atoms with Crippen LogP contribution >= 0.6 is 0 Å². The zero-order chi connectivity index (χ0) is 15.6. The summed E-state index contributed by atoms with van der Waals surface area (Å²) in [4.78, 5) is 0. The van der Waals surface area contributed by atoms with Gasteiger partial charge in [-0.2, -0.15) is 0 Å². The van der Waals surface area contributed by atoms with Gasteiger partial charge in [0.2, 0.25) is 0 Å². The number of imidazole rings is 1. The number of rotatable bonds is 10. The molecule has 0 atom stereocenters. The van der Waals surface area contributed by atoms with Crippen molar-refractivity contribution >= 4 is 0 Å². The molecule has 0 bridgehead atoms. The van der Waals surface area contributed by atoms with Gasteiger partial charge in [-0.05, 0) is 24.8 Å². The van der Waals surface area contributed by atoms with E-state index in [1.165, 1.54) is 62.9 Å². The molecule has 0 fully saturated rings. The highest BCUT2D eigenvalue weighted by atomic mass is 15.1. The highest BCUT2D eigenvalue weighted by Gasteiger charge is 2.16. The normalized spacial score (nSPS) is 11.0. The molecule has 0 aliphatic heterocycles. The zero-order valence-corrected chi connectivity index (χ0v) is 14.3. The standard InChI is InChI=1S/C20H31N2/c1-3-5-7-11-15-21-16-17-22(20(21)14-6-4-2)18-19-12-9-8-10-13-19/h8-10,12-13,16-17H,3-7,11,14-15,18H2,1-2H3/q+1. The summed E-state index contributed by atoms with van der Waals surface area (Å²) in [5.41, 5.74) is 1.38. The Kier molecular flexibility index (Phi) is 7.21. The lowest BCUT2D eigenvalue weighted by molar-refractivity contribution is -0.695. The summed E-state index contributed by atoms with van der Waals surface area (Å²) in [7, 11) is 0. The van der Waals surface area contributed by atoms with Gasteiger partial charge in [0.25, 0.3) is 5.82 Å². The number of unbranched alkanes of at least 4 members (excludes halogenated alkanes) is 4. The predicted octanol–water partition coefficient (Wildman–Crippen LogP) is 4.75. The summed E-state index contributed by atoms with van der Waals surface area (Å²) in [5, 5.41) is 0. The lowest BCUT2D eigenvalue weighted by Crippen LogP contribution is -2.37. The first-order valence-corrected chi connectivity index (χ1v) is 8.96. The topological polar surface area (TPSA) is 8.81 Å². The summed E-state index contributed by atoms with van der Waals surface area (Å²) in [6.07, 6.45) is 13.6. The Balaban J connectivity index is 2.06. The molecule has 2 heteroatoms. The molecule has 0 unspecified atom stereocenters. The first-order valence-electron chi connectivity index (χ1n) is 8.96. The molecule has 2 nitrogen and oxygen atoms in total. The summed E-state index contributed by atoms with van der Waals surface area (Å²) in [6.45, 7) is 6.70. The van der Waals surface area contributed by atoms with E-state index in [9.17, 15) is 0 Å². The molecule has 120 valence electrons. The van der Waals surface area contributed by atoms with Gasteiger partial charge in [-0.1, -0.05) is 63.4 Å². The molecule has 0 saturated carbocycles. The Hall–Kier alpha value is -1.57. The van der Waals surface area contributed by atoms with Crippen molar-refractivity contribution in [3.63, 3.8) is 0 Å². The second kappa shape index (κ2) is 9.45. The maximum atomic E-state index is 2.48. The van der Waals surface area contributed by atoms with E-state index in [1.54, 1.807) is 0 Å². The third kappa shape index (κ3) is 5.01. The maximum absolute atomic E-state index is 2.48. The van der Waals surface area contributed by atoms with Crippen LogP contribution in [0.1, 0.15) is 63.8 Å². The van der Waals surface area contributed by atoms with Crippen LogP contribution in [0, 0.1) is 0 Å². The van der Waals surface area contributed by atoms with E-state index < -0.39 is 0 Å². The van der Waals surface area contributed by atoms with Gasteiger partial charge in [0.1, 0.15) is 18.9 Å². The summed E-state index contributed by atoms with van der Waals surface area (Å²) in [6, 6.07) is 10.8. The Labute approximate surface area is 135 Å². The van der Waals surface area contributed by atoms with E-state index in [0.717, 1.165) is 6.54 Å². The molecule has 0 radical (unpaired) electrons. The van der Waals surface area contributed by atoms with Crippen molar-refractivity contribution in [2.75, 3.05) is 0 Å². The Bertz CT molecular complexity index is 528. The minimum Gasteiger partial charge on any atom is -0.234 e. The largest absolute Gasteiger partial charge is 0.256 e. The van der Waals surface area contributed by atoms with E-state index in [0.29, 0.717) is 0 Å². The Morgan fingerprint density at radius 2 is 1.68 bits per heavy atom. The first kappa shape index (κ1) is 16.8. The van der Waals surface area contributed by atoms with Crippen molar-refractivity contribution in [3.8, 4) is 0 Å². The van der Waals surface area contributed by atoms with Crippen molar-refractivity contribution in [3.05, 3.63) is 54.1 Å². The van der Waals surface area contributed by atoms with E-state index in [4.69, 9.17) is 0 Å².